The first-order valence-electron chi connectivity index (χ1n) is 13.3. The lowest BCUT2D eigenvalue weighted by molar-refractivity contribution is 0.0689. The maximum atomic E-state index is 15.6. The summed E-state index contributed by atoms with van der Waals surface area (Å²) in [5.41, 5.74) is -9.73. The van der Waals surface area contributed by atoms with Gasteiger partial charge in [0.1, 0.15) is 10.7 Å². The Morgan fingerprint density at radius 1 is 0.423 bits per heavy atom. The zero-order valence-electron chi connectivity index (χ0n) is 24.6. The zero-order valence-corrected chi connectivity index (χ0v) is 25.4. The van der Waals surface area contributed by atoms with E-state index in [4.69, 9.17) is 11.6 Å². The molecule has 270 valence electrons. The highest BCUT2D eigenvalue weighted by Crippen LogP contribution is 2.46. The van der Waals surface area contributed by atoms with Crippen molar-refractivity contribution in [2.75, 3.05) is 11.9 Å². The number of hydrogen-bond donors (Lipinski definition) is 0. The number of benzene rings is 4. The van der Waals surface area contributed by atoms with E-state index in [9.17, 15) is 41.1 Å². The Hall–Kier alpha value is -5.86. The summed E-state index contributed by atoms with van der Waals surface area (Å²) in [4.78, 5) is 49.5. The quantitative estimate of drug-likeness (QED) is 0.0883. The number of ether oxygens (including phenoxy) is 2. The third-order valence-electron chi connectivity index (χ3n) is 7.71. The molecule has 2 aliphatic heterocycles. The highest BCUT2D eigenvalue weighted by Gasteiger charge is 2.48. The predicted octanol–water partition coefficient (Wildman–Crippen LogP) is 8.07. The van der Waals surface area contributed by atoms with Crippen LogP contribution >= 0.6 is 11.6 Å². The van der Waals surface area contributed by atoms with Gasteiger partial charge in [-0.2, -0.15) is 26.3 Å². The van der Waals surface area contributed by atoms with Crippen molar-refractivity contribution in [1.29, 1.82) is 0 Å². The molecule has 2 heterocycles. The Morgan fingerprint density at radius 3 is 1.13 bits per heavy atom. The average Bonchev–Trinajstić information content (AvgIpc) is 3.50. The molecular formula is C30H6ClF13N2O6. The van der Waals surface area contributed by atoms with Gasteiger partial charge >= 0.3 is 0 Å². The SMILES string of the molecule is Cc1c(F)c(Cl)c(F)c(N2C(=O)c3c(F)c(F)c(Oc4c(F)c(F)c(Oc5c(F)c(F)c6c(c5F)C(=O)N(C)C6=O)c(F)c4F)c(F)c3C2=O)c1F. The highest BCUT2D eigenvalue weighted by atomic mass is 35.5. The van der Waals surface area contributed by atoms with Crippen LogP contribution in [0.5, 0.6) is 23.0 Å². The number of anilines is 1. The summed E-state index contributed by atoms with van der Waals surface area (Å²) in [6.07, 6.45) is 0. The number of imide groups is 2. The molecule has 0 aromatic heterocycles. The molecule has 4 aromatic rings. The first-order valence-corrected chi connectivity index (χ1v) is 13.7. The van der Waals surface area contributed by atoms with Crippen LogP contribution in [0.2, 0.25) is 5.02 Å². The van der Waals surface area contributed by atoms with Crippen LogP contribution in [0.25, 0.3) is 0 Å². The van der Waals surface area contributed by atoms with E-state index in [1.54, 1.807) is 0 Å². The molecular weight excluding hydrogens is 767 g/mol. The Labute approximate surface area is 282 Å². The number of fused-ring (bicyclic) bond motifs is 2. The van der Waals surface area contributed by atoms with Crippen molar-refractivity contribution < 1.29 is 85.7 Å². The van der Waals surface area contributed by atoms with E-state index >= 15 is 35.1 Å². The molecule has 4 aromatic carbocycles. The van der Waals surface area contributed by atoms with E-state index in [1.165, 1.54) is 0 Å². The zero-order chi connectivity index (χ0) is 38.7. The maximum absolute atomic E-state index is 15.6. The van der Waals surface area contributed by atoms with Crippen molar-refractivity contribution in [3.05, 3.63) is 108 Å². The summed E-state index contributed by atoms with van der Waals surface area (Å²) in [6, 6.07) is 0. The molecule has 0 N–H and O–H groups in total. The molecule has 0 fully saturated rings. The van der Waals surface area contributed by atoms with Gasteiger partial charge in [0.15, 0.2) is 40.7 Å². The molecule has 0 radical (unpaired) electrons. The molecule has 2 aliphatic rings. The fourth-order valence-electron chi connectivity index (χ4n) is 5.11. The number of rotatable bonds is 5. The predicted molar refractivity (Wildman–Crippen MR) is 143 cm³/mol. The van der Waals surface area contributed by atoms with E-state index < -0.39 is 166 Å². The molecule has 22 heteroatoms. The lowest BCUT2D eigenvalue weighted by Gasteiger charge is -2.18. The Morgan fingerprint density at radius 2 is 0.731 bits per heavy atom. The van der Waals surface area contributed by atoms with Gasteiger partial charge in [0, 0.05) is 12.6 Å². The number of carbonyl (C=O) groups is 4. The molecule has 0 aliphatic carbocycles. The average molecular weight is 773 g/mol. The molecule has 0 atom stereocenters. The van der Waals surface area contributed by atoms with Crippen LogP contribution in [-0.4, -0.2) is 35.6 Å². The molecule has 0 bridgehead atoms. The van der Waals surface area contributed by atoms with Crippen LogP contribution < -0.4 is 14.4 Å². The van der Waals surface area contributed by atoms with Gasteiger partial charge in [-0.25, -0.2) is 35.6 Å². The number of amides is 4. The fraction of sp³-hybridized carbons (Fsp3) is 0.0667. The van der Waals surface area contributed by atoms with Crippen molar-refractivity contribution >= 4 is 40.9 Å². The number of carbonyl (C=O) groups excluding carboxylic acids is 4. The fourth-order valence-corrected chi connectivity index (χ4v) is 5.34. The van der Waals surface area contributed by atoms with Gasteiger partial charge in [-0.3, -0.25) is 24.1 Å². The van der Waals surface area contributed by atoms with Gasteiger partial charge in [0.2, 0.25) is 57.9 Å². The summed E-state index contributed by atoms with van der Waals surface area (Å²) in [5.74, 6) is -49.5. The van der Waals surface area contributed by atoms with Crippen molar-refractivity contribution in [3.63, 3.8) is 0 Å². The van der Waals surface area contributed by atoms with E-state index in [2.05, 4.69) is 9.47 Å². The van der Waals surface area contributed by atoms with Crippen LogP contribution in [0.15, 0.2) is 0 Å². The van der Waals surface area contributed by atoms with Crippen LogP contribution in [0, 0.1) is 82.5 Å². The van der Waals surface area contributed by atoms with Crippen LogP contribution in [0.4, 0.5) is 62.8 Å². The lowest BCUT2D eigenvalue weighted by Crippen LogP contribution is -2.32. The smallest absolute Gasteiger partial charge is 0.269 e. The van der Waals surface area contributed by atoms with Crippen LogP contribution in [0.3, 0.4) is 0 Å². The number of halogens is 14. The third kappa shape index (κ3) is 4.57. The number of hydrogen-bond acceptors (Lipinski definition) is 6. The molecule has 0 saturated carbocycles. The topological polar surface area (TPSA) is 93.2 Å². The summed E-state index contributed by atoms with van der Waals surface area (Å²) in [5, 5.41) is -1.51. The molecule has 8 nitrogen and oxygen atoms in total. The molecule has 4 amide bonds. The van der Waals surface area contributed by atoms with Gasteiger partial charge in [-0.05, 0) is 6.92 Å². The highest BCUT2D eigenvalue weighted by molar-refractivity contribution is 6.36. The first-order chi connectivity index (χ1) is 24.2. The first kappa shape index (κ1) is 35.9. The van der Waals surface area contributed by atoms with E-state index in [-0.39, 0.29) is 4.90 Å². The lowest BCUT2D eigenvalue weighted by atomic mass is 10.1. The molecule has 0 unspecified atom stereocenters. The largest absolute Gasteiger partial charge is 0.445 e. The number of nitrogens with zero attached hydrogens (tertiary/aromatic N) is 2. The van der Waals surface area contributed by atoms with Crippen molar-refractivity contribution in [1.82, 2.24) is 4.90 Å². The minimum atomic E-state index is -2.87. The second-order valence-corrected chi connectivity index (χ2v) is 10.9. The maximum Gasteiger partial charge on any atom is 0.269 e. The normalized spacial score (nSPS) is 13.8. The van der Waals surface area contributed by atoms with Crippen molar-refractivity contribution in [3.8, 4) is 23.0 Å². The minimum Gasteiger partial charge on any atom is -0.445 e. The van der Waals surface area contributed by atoms with E-state index in [0.29, 0.717) is 14.0 Å². The van der Waals surface area contributed by atoms with Gasteiger partial charge in [-0.1, -0.05) is 11.6 Å². The van der Waals surface area contributed by atoms with Crippen LogP contribution in [0.1, 0.15) is 47.0 Å². The monoisotopic (exact) mass is 772 g/mol. The molecule has 0 saturated heterocycles. The summed E-state index contributed by atoms with van der Waals surface area (Å²) >= 11 is 5.40. The Balaban J connectivity index is 1.45. The Kier molecular flexibility index (Phi) is 8.19. The van der Waals surface area contributed by atoms with Gasteiger partial charge in [0.25, 0.3) is 23.6 Å². The molecule has 52 heavy (non-hydrogen) atoms. The van der Waals surface area contributed by atoms with E-state index in [0.717, 1.165) is 0 Å². The second kappa shape index (κ2) is 11.9. The van der Waals surface area contributed by atoms with Gasteiger partial charge in [0.05, 0.1) is 22.3 Å². The van der Waals surface area contributed by atoms with Crippen molar-refractivity contribution in [2.24, 2.45) is 0 Å². The Bertz CT molecular complexity index is 2380. The van der Waals surface area contributed by atoms with Crippen molar-refractivity contribution in [2.45, 2.75) is 6.92 Å². The minimum absolute atomic E-state index is 0.101. The standard InChI is InChI=1S/C30H6ClF13N2O6/c1-3-9(32)8(31)15(38)22(10(3)33)46-29(49)5-7(30(46)50)14(37)24(17(40)12(5)35)52-26-20(43)18(41)25(19(42)21(26)44)51-23-13(36)6-4(11(34)16(23)39)27(47)45(2)28(6)48/h1-2H3. The van der Waals surface area contributed by atoms with Gasteiger partial charge in [-0.15, -0.1) is 0 Å². The molecule has 0 spiro atoms. The summed E-state index contributed by atoms with van der Waals surface area (Å²) < 4.78 is 202. The van der Waals surface area contributed by atoms with E-state index in [1.807, 2.05) is 0 Å². The summed E-state index contributed by atoms with van der Waals surface area (Å²) in [6.45, 7) is 0.640. The summed E-state index contributed by atoms with van der Waals surface area (Å²) in [7, 11) is 0.704. The molecule has 6 rings (SSSR count). The second-order valence-electron chi connectivity index (χ2n) is 10.5. The van der Waals surface area contributed by atoms with Gasteiger partial charge < -0.3 is 9.47 Å². The third-order valence-corrected chi connectivity index (χ3v) is 8.04. The van der Waals surface area contributed by atoms with Crippen LogP contribution in [-0.2, 0) is 0 Å².